The van der Waals surface area contributed by atoms with Crippen molar-refractivity contribution >= 4 is 17.2 Å². The van der Waals surface area contributed by atoms with Gasteiger partial charge in [-0.1, -0.05) is 6.92 Å². The van der Waals surface area contributed by atoms with E-state index in [1.807, 2.05) is 13.1 Å². The Morgan fingerprint density at radius 1 is 1.42 bits per heavy atom. The second-order valence-corrected chi connectivity index (χ2v) is 6.96. The standard InChI is InChI=1S/C17H23N5O2/c1-11-3-5-21(8-11)14-7-12(2)16-19-15(20-22(16)9-14)17(23)18-13-4-6-24-10-13/h7,9,11,13H,3-6,8,10H2,1-2H3,(H,18,23). The van der Waals surface area contributed by atoms with Gasteiger partial charge in [-0.2, -0.15) is 0 Å². The highest BCUT2D eigenvalue weighted by atomic mass is 16.5. The number of fused-ring (bicyclic) bond motifs is 1. The molecule has 2 aliphatic rings. The summed E-state index contributed by atoms with van der Waals surface area (Å²) >= 11 is 0. The maximum atomic E-state index is 12.4. The zero-order valence-electron chi connectivity index (χ0n) is 14.2. The lowest BCUT2D eigenvalue weighted by molar-refractivity contribution is 0.0919. The predicted octanol–water partition coefficient (Wildman–Crippen LogP) is 1.40. The first kappa shape index (κ1) is 15.4. The van der Waals surface area contributed by atoms with Gasteiger partial charge in [-0.05, 0) is 37.3 Å². The third kappa shape index (κ3) is 2.84. The number of hydrogen-bond acceptors (Lipinski definition) is 5. The Kier molecular flexibility index (Phi) is 3.88. The van der Waals surface area contributed by atoms with Gasteiger partial charge in [-0.3, -0.25) is 4.79 Å². The third-order valence-electron chi connectivity index (χ3n) is 4.86. The molecular weight excluding hydrogens is 306 g/mol. The van der Waals surface area contributed by atoms with Crippen LogP contribution in [0.4, 0.5) is 5.69 Å². The molecular formula is C17H23N5O2. The van der Waals surface area contributed by atoms with Crippen LogP contribution in [0.5, 0.6) is 0 Å². The van der Waals surface area contributed by atoms with Crippen molar-refractivity contribution in [2.45, 2.75) is 32.7 Å². The first-order chi connectivity index (χ1) is 11.6. The molecule has 0 saturated carbocycles. The van der Waals surface area contributed by atoms with Crippen molar-refractivity contribution in [3.63, 3.8) is 0 Å². The van der Waals surface area contributed by atoms with Gasteiger partial charge in [0, 0.05) is 19.7 Å². The molecule has 4 rings (SSSR count). The summed E-state index contributed by atoms with van der Waals surface area (Å²) in [7, 11) is 0. The molecule has 0 radical (unpaired) electrons. The SMILES string of the molecule is Cc1cc(N2CCC(C)C2)cn2nc(C(=O)NC3CCOC3)nc12. The molecule has 4 heterocycles. The van der Waals surface area contributed by atoms with E-state index in [4.69, 9.17) is 4.74 Å². The van der Waals surface area contributed by atoms with E-state index in [0.717, 1.165) is 36.4 Å². The van der Waals surface area contributed by atoms with Gasteiger partial charge in [0.05, 0.1) is 24.5 Å². The van der Waals surface area contributed by atoms with E-state index in [2.05, 4.69) is 33.3 Å². The van der Waals surface area contributed by atoms with E-state index in [9.17, 15) is 4.79 Å². The quantitative estimate of drug-likeness (QED) is 0.922. The highest BCUT2D eigenvalue weighted by Crippen LogP contribution is 2.25. The van der Waals surface area contributed by atoms with Crippen LogP contribution < -0.4 is 10.2 Å². The normalized spacial score (nSPS) is 24.0. The number of anilines is 1. The molecule has 0 spiro atoms. The van der Waals surface area contributed by atoms with Crippen LogP contribution in [-0.2, 0) is 4.74 Å². The maximum Gasteiger partial charge on any atom is 0.291 e. The number of aromatic nitrogens is 3. The lowest BCUT2D eigenvalue weighted by Crippen LogP contribution is -2.35. The molecule has 1 N–H and O–H groups in total. The summed E-state index contributed by atoms with van der Waals surface area (Å²) in [5.41, 5.74) is 2.91. The summed E-state index contributed by atoms with van der Waals surface area (Å²) in [6.45, 7) is 7.68. The zero-order valence-corrected chi connectivity index (χ0v) is 14.2. The second kappa shape index (κ2) is 6.05. The van der Waals surface area contributed by atoms with E-state index in [1.165, 1.54) is 6.42 Å². The van der Waals surface area contributed by atoms with Crippen LogP contribution in [-0.4, -0.2) is 52.9 Å². The van der Waals surface area contributed by atoms with Crippen LogP contribution in [0, 0.1) is 12.8 Å². The minimum Gasteiger partial charge on any atom is -0.379 e. The highest BCUT2D eigenvalue weighted by Gasteiger charge is 2.23. The first-order valence-electron chi connectivity index (χ1n) is 8.61. The predicted molar refractivity (Wildman–Crippen MR) is 90.4 cm³/mol. The zero-order chi connectivity index (χ0) is 16.7. The van der Waals surface area contributed by atoms with Gasteiger partial charge in [0.1, 0.15) is 0 Å². The van der Waals surface area contributed by atoms with Gasteiger partial charge >= 0.3 is 0 Å². The fourth-order valence-corrected chi connectivity index (χ4v) is 3.47. The molecule has 0 bridgehead atoms. The van der Waals surface area contributed by atoms with E-state index >= 15 is 0 Å². The topological polar surface area (TPSA) is 71.8 Å². The van der Waals surface area contributed by atoms with Gasteiger partial charge in [0.2, 0.25) is 5.82 Å². The molecule has 2 aromatic rings. The summed E-state index contributed by atoms with van der Waals surface area (Å²) in [6.07, 6.45) is 4.03. The number of aryl methyl sites for hydroxylation is 1. The fourth-order valence-electron chi connectivity index (χ4n) is 3.47. The van der Waals surface area contributed by atoms with Gasteiger partial charge in [-0.25, -0.2) is 9.50 Å². The minimum absolute atomic E-state index is 0.0619. The number of hydrogen-bond donors (Lipinski definition) is 1. The molecule has 2 unspecified atom stereocenters. The van der Waals surface area contributed by atoms with E-state index < -0.39 is 0 Å². The Bertz CT molecular complexity index is 766. The van der Waals surface area contributed by atoms with E-state index in [-0.39, 0.29) is 17.8 Å². The lowest BCUT2D eigenvalue weighted by atomic mass is 10.2. The van der Waals surface area contributed by atoms with Crippen molar-refractivity contribution < 1.29 is 9.53 Å². The van der Waals surface area contributed by atoms with Gasteiger partial charge in [0.15, 0.2) is 5.65 Å². The molecule has 2 aromatic heterocycles. The maximum absolute atomic E-state index is 12.4. The average molecular weight is 329 g/mol. The Labute approximate surface area is 141 Å². The summed E-state index contributed by atoms with van der Waals surface area (Å²) in [5, 5.41) is 7.33. The summed E-state index contributed by atoms with van der Waals surface area (Å²) in [5.74, 6) is 0.702. The molecule has 7 heteroatoms. The van der Waals surface area contributed by atoms with Crippen molar-refractivity contribution in [1.29, 1.82) is 0 Å². The van der Waals surface area contributed by atoms with Gasteiger partial charge in [0.25, 0.3) is 5.91 Å². The number of ether oxygens (including phenoxy) is 1. The molecule has 24 heavy (non-hydrogen) atoms. The second-order valence-electron chi connectivity index (χ2n) is 6.96. The molecule has 128 valence electrons. The third-order valence-corrected chi connectivity index (χ3v) is 4.86. The number of amides is 1. The molecule has 1 amide bonds. The first-order valence-corrected chi connectivity index (χ1v) is 8.61. The summed E-state index contributed by atoms with van der Waals surface area (Å²) in [4.78, 5) is 19.1. The summed E-state index contributed by atoms with van der Waals surface area (Å²) < 4.78 is 7.02. The molecule has 2 fully saturated rings. The fraction of sp³-hybridized carbons (Fsp3) is 0.588. The molecule has 2 saturated heterocycles. The number of carbonyl (C=O) groups excluding carboxylic acids is 1. The lowest BCUT2D eigenvalue weighted by Gasteiger charge is -2.18. The van der Waals surface area contributed by atoms with Crippen molar-refractivity contribution in [3.05, 3.63) is 23.7 Å². The summed E-state index contributed by atoms with van der Waals surface area (Å²) in [6, 6.07) is 2.20. The number of pyridine rings is 1. The van der Waals surface area contributed by atoms with Crippen LogP contribution in [0.1, 0.15) is 35.9 Å². The van der Waals surface area contributed by atoms with Crippen molar-refractivity contribution in [3.8, 4) is 0 Å². The average Bonchev–Trinajstić information content (AvgIpc) is 3.26. The van der Waals surface area contributed by atoms with Crippen molar-refractivity contribution in [2.24, 2.45) is 5.92 Å². The van der Waals surface area contributed by atoms with Crippen molar-refractivity contribution in [2.75, 3.05) is 31.2 Å². The highest BCUT2D eigenvalue weighted by molar-refractivity contribution is 5.91. The number of nitrogens with zero attached hydrogens (tertiary/aromatic N) is 4. The number of nitrogens with one attached hydrogen (secondary N) is 1. The van der Waals surface area contributed by atoms with Crippen LogP contribution >= 0.6 is 0 Å². The Morgan fingerprint density at radius 2 is 2.29 bits per heavy atom. The van der Waals surface area contributed by atoms with Crippen molar-refractivity contribution in [1.82, 2.24) is 19.9 Å². The van der Waals surface area contributed by atoms with Gasteiger partial charge in [-0.15, -0.1) is 5.10 Å². The molecule has 7 nitrogen and oxygen atoms in total. The number of rotatable bonds is 3. The van der Waals surface area contributed by atoms with Crippen LogP contribution in [0.15, 0.2) is 12.3 Å². The van der Waals surface area contributed by atoms with E-state index in [1.54, 1.807) is 4.52 Å². The Balaban J connectivity index is 1.60. The largest absolute Gasteiger partial charge is 0.379 e. The molecule has 0 aromatic carbocycles. The monoisotopic (exact) mass is 329 g/mol. The molecule has 2 atom stereocenters. The van der Waals surface area contributed by atoms with Crippen LogP contribution in [0.25, 0.3) is 5.65 Å². The smallest absolute Gasteiger partial charge is 0.291 e. The minimum atomic E-state index is -0.232. The Morgan fingerprint density at radius 3 is 3.00 bits per heavy atom. The van der Waals surface area contributed by atoms with E-state index in [0.29, 0.717) is 19.1 Å². The Hall–Kier alpha value is -2.15. The molecule has 0 aliphatic carbocycles. The van der Waals surface area contributed by atoms with Gasteiger partial charge < -0.3 is 15.0 Å². The molecule has 2 aliphatic heterocycles. The van der Waals surface area contributed by atoms with Crippen LogP contribution in [0.2, 0.25) is 0 Å². The number of carbonyl (C=O) groups is 1. The van der Waals surface area contributed by atoms with Crippen LogP contribution in [0.3, 0.4) is 0 Å².